The second-order valence-electron chi connectivity index (χ2n) is 5.59. The van der Waals surface area contributed by atoms with Gasteiger partial charge in [0.2, 0.25) is 5.91 Å². The maximum Gasteiger partial charge on any atom is 0.251 e. The van der Waals surface area contributed by atoms with Gasteiger partial charge in [0, 0.05) is 18.7 Å². The predicted molar refractivity (Wildman–Crippen MR) is 99.7 cm³/mol. The fraction of sp³-hybridized carbons (Fsp3) is 0.300. The molecule has 0 aliphatic carbocycles. The van der Waals surface area contributed by atoms with Crippen molar-refractivity contribution in [3.05, 3.63) is 59.7 Å². The summed E-state index contributed by atoms with van der Waals surface area (Å²) in [6.45, 7) is 3.26. The number of rotatable bonds is 9. The molecule has 138 valence electrons. The number of amides is 2. The Morgan fingerprint density at radius 1 is 0.962 bits per heavy atom. The molecule has 26 heavy (non-hydrogen) atoms. The zero-order valence-corrected chi connectivity index (χ0v) is 15.1. The molecule has 0 saturated heterocycles. The lowest BCUT2D eigenvalue weighted by Crippen LogP contribution is -2.35. The van der Waals surface area contributed by atoms with E-state index in [1.54, 1.807) is 31.4 Å². The molecule has 0 aromatic heterocycles. The number of hydrogen-bond donors (Lipinski definition) is 2. The Morgan fingerprint density at radius 3 is 2.38 bits per heavy atom. The van der Waals surface area contributed by atoms with Crippen molar-refractivity contribution in [1.29, 1.82) is 0 Å². The highest BCUT2D eigenvalue weighted by molar-refractivity contribution is 5.94. The number of hydrogen-bond acceptors (Lipinski definition) is 4. The number of carbonyl (C=O) groups is 2. The molecule has 2 aromatic carbocycles. The zero-order valence-electron chi connectivity index (χ0n) is 15.1. The second kappa shape index (κ2) is 10.1. The SMILES string of the molecule is CCOc1ccc(CC(=O)NCCNC(=O)c2cccc(OC)c2)cc1. The molecule has 2 aromatic rings. The van der Waals surface area contributed by atoms with Crippen LogP contribution in [0.4, 0.5) is 0 Å². The Morgan fingerprint density at radius 2 is 1.69 bits per heavy atom. The first-order chi connectivity index (χ1) is 12.6. The summed E-state index contributed by atoms with van der Waals surface area (Å²) in [5.41, 5.74) is 1.43. The number of nitrogens with one attached hydrogen (secondary N) is 2. The summed E-state index contributed by atoms with van der Waals surface area (Å²) < 4.78 is 10.5. The molecule has 0 radical (unpaired) electrons. The molecule has 2 N–H and O–H groups in total. The Balaban J connectivity index is 1.70. The summed E-state index contributed by atoms with van der Waals surface area (Å²) in [6.07, 6.45) is 0.288. The van der Waals surface area contributed by atoms with Crippen LogP contribution in [-0.4, -0.2) is 38.6 Å². The van der Waals surface area contributed by atoms with Crippen molar-refractivity contribution in [1.82, 2.24) is 10.6 Å². The van der Waals surface area contributed by atoms with E-state index >= 15 is 0 Å². The molecule has 0 spiro atoms. The molecular weight excluding hydrogens is 332 g/mol. The van der Waals surface area contributed by atoms with Gasteiger partial charge in [-0.05, 0) is 42.8 Å². The van der Waals surface area contributed by atoms with E-state index in [0.717, 1.165) is 11.3 Å². The van der Waals surface area contributed by atoms with E-state index in [4.69, 9.17) is 9.47 Å². The van der Waals surface area contributed by atoms with Gasteiger partial charge in [0.25, 0.3) is 5.91 Å². The third kappa shape index (κ3) is 6.12. The quantitative estimate of drug-likeness (QED) is 0.675. The molecule has 0 aliphatic heterocycles. The van der Waals surface area contributed by atoms with Crippen LogP contribution >= 0.6 is 0 Å². The van der Waals surface area contributed by atoms with Crippen molar-refractivity contribution in [3.8, 4) is 11.5 Å². The fourth-order valence-electron chi connectivity index (χ4n) is 2.36. The summed E-state index contributed by atoms with van der Waals surface area (Å²) >= 11 is 0. The van der Waals surface area contributed by atoms with Crippen LogP contribution in [0, 0.1) is 0 Å². The van der Waals surface area contributed by atoms with Crippen LogP contribution in [0.15, 0.2) is 48.5 Å². The maximum atomic E-state index is 12.0. The van der Waals surface area contributed by atoms with Crippen LogP contribution in [0.3, 0.4) is 0 Å². The van der Waals surface area contributed by atoms with Crippen LogP contribution in [0.5, 0.6) is 11.5 Å². The summed E-state index contributed by atoms with van der Waals surface area (Å²) in [7, 11) is 1.55. The lowest BCUT2D eigenvalue weighted by atomic mass is 10.1. The average Bonchev–Trinajstić information content (AvgIpc) is 2.67. The highest BCUT2D eigenvalue weighted by Gasteiger charge is 2.07. The summed E-state index contributed by atoms with van der Waals surface area (Å²) in [4.78, 5) is 24.0. The summed E-state index contributed by atoms with van der Waals surface area (Å²) in [5.74, 6) is 1.12. The Labute approximate surface area is 153 Å². The van der Waals surface area contributed by atoms with Crippen LogP contribution in [0.2, 0.25) is 0 Å². The third-order valence-corrected chi connectivity index (χ3v) is 3.66. The van der Waals surface area contributed by atoms with E-state index < -0.39 is 0 Å². The van der Waals surface area contributed by atoms with E-state index in [1.165, 1.54) is 0 Å². The molecular formula is C20H24N2O4. The molecule has 0 heterocycles. The van der Waals surface area contributed by atoms with Gasteiger partial charge in [0.05, 0.1) is 20.1 Å². The lowest BCUT2D eigenvalue weighted by Gasteiger charge is -2.08. The number of benzene rings is 2. The minimum atomic E-state index is -0.204. The predicted octanol–water partition coefficient (Wildman–Crippen LogP) is 2.18. The van der Waals surface area contributed by atoms with E-state index in [-0.39, 0.29) is 18.2 Å². The maximum absolute atomic E-state index is 12.0. The average molecular weight is 356 g/mol. The van der Waals surface area contributed by atoms with Crippen molar-refractivity contribution in [3.63, 3.8) is 0 Å². The van der Waals surface area contributed by atoms with Gasteiger partial charge in [-0.3, -0.25) is 9.59 Å². The van der Waals surface area contributed by atoms with Crippen LogP contribution in [-0.2, 0) is 11.2 Å². The Bertz CT molecular complexity index is 729. The highest BCUT2D eigenvalue weighted by Crippen LogP contribution is 2.13. The second-order valence-corrected chi connectivity index (χ2v) is 5.59. The van der Waals surface area contributed by atoms with Crippen molar-refractivity contribution >= 4 is 11.8 Å². The van der Waals surface area contributed by atoms with E-state index in [9.17, 15) is 9.59 Å². The molecule has 0 bridgehead atoms. The molecule has 0 unspecified atom stereocenters. The smallest absolute Gasteiger partial charge is 0.251 e. The van der Waals surface area contributed by atoms with E-state index in [2.05, 4.69) is 10.6 Å². The molecule has 2 rings (SSSR count). The first kappa shape index (κ1) is 19.3. The van der Waals surface area contributed by atoms with Gasteiger partial charge >= 0.3 is 0 Å². The largest absolute Gasteiger partial charge is 0.497 e. The molecule has 0 saturated carbocycles. The Kier molecular flexibility index (Phi) is 7.49. The van der Waals surface area contributed by atoms with Crippen LogP contribution in [0.25, 0.3) is 0 Å². The first-order valence-corrected chi connectivity index (χ1v) is 8.53. The van der Waals surface area contributed by atoms with Crippen molar-refractivity contribution < 1.29 is 19.1 Å². The van der Waals surface area contributed by atoms with E-state index in [1.807, 2.05) is 31.2 Å². The molecule has 2 amide bonds. The van der Waals surface area contributed by atoms with Gasteiger partial charge in [0.1, 0.15) is 11.5 Å². The summed E-state index contributed by atoms with van der Waals surface area (Å²) in [5, 5.41) is 5.56. The van der Waals surface area contributed by atoms with Crippen LogP contribution < -0.4 is 20.1 Å². The van der Waals surface area contributed by atoms with Gasteiger partial charge in [-0.2, -0.15) is 0 Å². The molecule has 0 aliphatic rings. The third-order valence-electron chi connectivity index (χ3n) is 3.66. The van der Waals surface area contributed by atoms with Gasteiger partial charge in [-0.15, -0.1) is 0 Å². The van der Waals surface area contributed by atoms with Crippen molar-refractivity contribution in [2.45, 2.75) is 13.3 Å². The standard InChI is InChI=1S/C20H24N2O4/c1-3-26-17-9-7-15(8-10-17)13-19(23)21-11-12-22-20(24)16-5-4-6-18(14-16)25-2/h4-10,14H,3,11-13H2,1-2H3,(H,21,23)(H,22,24). The molecule has 0 atom stereocenters. The first-order valence-electron chi connectivity index (χ1n) is 8.53. The van der Waals surface area contributed by atoms with Gasteiger partial charge in [-0.1, -0.05) is 18.2 Å². The zero-order chi connectivity index (χ0) is 18.8. The number of carbonyl (C=O) groups excluding carboxylic acids is 2. The fourth-order valence-corrected chi connectivity index (χ4v) is 2.36. The monoisotopic (exact) mass is 356 g/mol. The van der Waals surface area contributed by atoms with Crippen molar-refractivity contribution in [2.75, 3.05) is 26.8 Å². The van der Waals surface area contributed by atoms with Crippen molar-refractivity contribution in [2.24, 2.45) is 0 Å². The molecule has 6 nitrogen and oxygen atoms in total. The minimum absolute atomic E-state index is 0.0928. The topological polar surface area (TPSA) is 76.7 Å². The minimum Gasteiger partial charge on any atom is -0.497 e. The van der Waals surface area contributed by atoms with Gasteiger partial charge in [0.15, 0.2) is 0 Å². The lowest BCUT2D eigenvalue weighted by molar-refractivity contribution is -0.120. The normalized spacial score (nSPS) is 10.1. The molecule has 6 heteroatoms. The van der Waals surface area contributed by atoms with Crippen LogP contribution in [0.1, 0.15) is 22.8 Å². The number of ether oxygens (including phenoxy) is 2. The summed E-state index contributed by atoms with van der Waals surface area (Å²) in [6, 6.07) is 14.3. The van der Waals surface area contributed by atoms with Gasteiger partial charge in [-0.25, -0.2) is 0 Å². The van der Waals surface area contributed by atoms with Gasteiger partial charge < -0.3 is 20.1 Å². The van der Waals surface area contributed by atoms with E-state index in [0.29, 0.717) is 31.0 Å². The molecule has 0 fully saturated rings. The Hall–Kier alpha value is -3.02. The highest BCUT2D eigenvalue weighted by atomic mass is 16.5. The number of methoxy groups -OCH3 is 1.